The lowest BCUT2D eigenvalue weighted by Crippen LogP contribution is -2.54. The molecule has 4 N–H and O–H groups in total. The maximum atomic E-state index is 13.1. The number of ether oxygens (including phenoxy) is 5. The molecule has 4 unspecified atom stereocenters. The molecule has 2 saturated heterocycles. The van der Waals surface area contributed by atoms with E-state index in [2.05, 4.69) is 114 Å². The number of nitrogens with zero attached hydrogens (tertiary/aromatic N) is 5. The second kappa shape index (κ2) is 24.5. The Labute approximate surface area is 448 Å². The summed E-state index contributed by atoms with van der Waals surface area (Å²) in [5.41, 5.74) is 9.85. The minimum Gasteiger partial charge on any atom is -0.485 e. The zero-order chi connectivity index (χ0) is 54.2. The van der Waals surface area contributed by atoms with Crippen molar-refractivity contribution in [3.05, 3.63) is 134 Å². The van der Waals surface area contributed by atoms with Crippen LogP contribution < -0.4 is 25.4 Å². The van der Waals surface area contributed by atoms with Crippen LogP contribution in [-0.4, -0.2) is 136 Å². The Hall–Kier alpha value is -7.03. The summed E-state index contributed by atoms with van der Waals surface area (Å²) in [6.45, 7) is 15.2. The van der Waals surface area contributed by atoms with E-state index in [1.54, 1.807) is 10.7 Å². The number of piperidine rings is 2. The molecule has 0 bridgehead atoms. The second-order valence-corrected chi connectivity index (χ2v) is 21.0. The summed E-state index contributed by atoms with van der Waals surface area (Å²) in [4.78, 5) is 65.8. The highest BCUT2D eigenvalue weighted by Gasteiger charge is 2.46. The number of benzene rings is 4. The van der Waals surface area contributed by atoms with E-state index in [0.717, 1.165) is 40.4 Å². The number of aromatic nitrogens is 3. The lowest BCUT2D eigenvalue weighted by atomic mass is 9.75. The minimum atomic E-state index is -1.05. The van der Waals surface area contributed by atoms with Crippen molar-refractivity contribution in [3.8, 4) is 11.5 Å². The Bertz CT molecular complexity index is 2960. The minimum absolute atomic E-state index is 0.00919. The van der Waals surface area contributed by atoms with Crippen molar-refractivity contribution in [1.29, 1.82) is 0 Å². The zero-order valence-electron chi connectivity index (χ0n) is 44.7. The third-order valence-corrected chi connectivity index (χ3v) is 14.5. The SMILES string of the molecule is Cc1cc(C)cc(COc2cc3c(cc2OCc2cc(C)cc(C)c2)C2CC(O)(Cc4cn(CCOCCOCCOCCNC(=O)CNc5ccc6c(c5)C(=O)N(C5CCC(=O)NC5=O)C6=O)nn4)CC(C)N2CC3)c1. The first kappa shape index (κ1) is 54.7. The first-order chi connectivity index (χ1) is 37.1. The number of aliphatic hydroxyl groups is 1. The average molecular weight is 1060 g/mol. The fraction of sp³-hybridized carbons (Fsp3) is 0.466. The smallest absolute Gasteiger partial charge is 0.262 e. The molecule has 5 heterocycles. The van der Waals surface area contributed by atoms with Crippen LogP contribution in [0.15, 0.2) is 72.9 Å². The number of carbonyl (C=O) groups excluding carboxylic acids is 5. The molecule has 9 rings (SSSR count). The quantitative estimate of drug-likeness (QED) is 0.0448. The van der Waals surface area contributed by atoms with E-state index in [0.29, 0.717) is 83.5 Å². The van der Waals surface area contributed by atoms with Gasteiger partial charge < -0.3 is 39.4 Å². The number of rotatable bonds is 24. The molecular weight excluding hydrogens is 985 g/mol. The van der Waals surface area contributed by atoms with E-state index in [1.807, 2.05) is 6.20 Å². The molecule has 4 atom stereocenters. The molecule has 77 heavy (non-hydrogen) atoms. The van der Waals surface area contributed by atoms with Crippen LogP contribution >= 0.6 is 0 Å². The van der Waals surface area contributed by atoms with Crippen molar-refractivity contribution in [2.45, 2.75) is 117 Å². The third kappa shape index (κ3) is 13.8. The number of hydrogen-bond acceptors (Lipinski definition) is 15. The molecule has 4 aliphatic rings. The molecule has 408 valence electrons. The van der Waals surface area contributed by atoms with Crippen molar-refractivity contribution in [2.24, 2.45) is 0 Å². The van der Waals surface area contributed by atoms with Crippen molar-refractivity contribution < 1.29 is 52.8 Å². The molecule has 1 aromatic heterocycles. The molecular formula is C58H70N8O11. The first-order valence-electron chi connectivity index (χ1n) is 26.6. The Kier molecular flexibility index (Phi) is 17.4. The molecule has 5 amide bonds. The van der Waals surface area contributed by atoms with Gasteiger partial charge in [-0.2, -0.15) is 0 Å². The third-order valence-electron chi connectivity index (χ3n) is 14.5. The summed E-state index contributed by atoms with van der Waals surface area (Å²) < 4.78 is 32.0. The standard InChI is InChI=1S/C58H70N8O11/c1-36-20-37(2)23-41(22-36)34-76-51-26-43-10-12-65-40(5)29-58(72,31-50(65)47(43)28-52(51)77-35-42-24-38(3)21-39(4)25-42)30-45-33-64(63-62-45)13-15-74-17-19-75-18-16-73-14-11-59-54(68)32-60-44-6-7-46-48(27-44)57(71)66(56(46)70)49-8-9-53(67)61-55(49)69/h6-7,20-28,33,40,49-50,60,72H,8-19,29-32,34-35H2,1-5H3,(H,59,68)(H,61,67,69). The Balaban J connectivity index is 0.671. The van der Waals surface area contributed by atoms with Gasteiger partial charge in [0, 0.05) is 49.9 Å². The summed E-state index contributed by atoms with van der Waals surface area (Å²) in [7, 11) is 0. The van der Waals surface area contributed by atoms with Gasteiger partial charge >= 0.3 is 0 Å². The molecule has 5 aromatic rings. The number of carbonyl (C=O) groups is 5. The second-order valence-electron chi connectivity index (χ2n) is 21.0. The largest absolute Gasteiger partial charge is 0.485 e. The van der Waals surface area contributed by atoms with E-state index < -0.39 is 35.3 Å². The van der Waals surface area contributed by atoms with Crippen LogP contribution in [0.4, 0.5) is 5.69 Å². The van der Waals surface area contributed by atoms with Gasteiger partial charge in [0.15, 0.2) is 11.5 Å². The van der Waals surface area contributed by atoms with Crippen molar-refractivity contribution in [2.75, 3.05) is 64.6 Å². The lowest BCUT2D eigenvalue weighted by molar-refractivity contribution is -0.136. The van der Waals surface area contributed by atoms with Crippen LogP contribution in [0.2, 0.25) is 0 Å². The van der Waals surface area contributed by atoms with Gasteiger partial charge in [-0.3, -0.25) is 39.1 Å². The Morgan fingerprint density at radius 3 is 2.06 bits per heavy atom. The molecule has 0 saturated carbocycles. The van der Waals surface area contributed by atoms with Gasteiger partial charge in [-0.15, -0.1) is 5.10 Å². The fourth-order valence-electron chi connectivity index (χ4n) is 11.2. The number of aryl methyl sites for hydroxylation is 4. The van der Waals surface area contributed by atoms with Gasteiger partial charge in [-0.1, -0.05) is 63.9 Å². The van der Waals surface area contributed by atoms with Gasteiger partial charge in [-0.05, 0) is 113 Å². The van der Waals surface area contributed by atoms with Gasteiger partial charge in [-0.25, -0.2) is 4.68 Å². The normalized spacial score (nSPS) is 20.1. The molecule has 4 aliphatic heterocycles. The van der Waals surface area contributed by atoms with Crippen molar-refractivity contribution in [1.82, 2.24) is 35.4 Å². The van der Waals surface area contributed by atoms with E-state index in [4.69, 9.17) is 23.7 Å². The maximum Gasteiger partial charge on any atom is 0.262 e. The Morgan fingerprint density at radius 1 is 0.753 bits per heavy atom. The number of nitrogens with one attached hydrogen (secondary N) is 3. The molecule has 2 fully saturated rings. The molecule has 19 heteroatoms. The molecule has 0 spiro atoms. The summed E-state index contributed by atoms with van der Waals surface area (Å²) >= 11 is 0. The highest BCUT2D eigenvalue weighted by molar-refractivity contribution is 6.23. The summed E-state index contributed by atoms with van der Waals surface area (Å²) in [5, 5.41) is 29.0. The number of imide groups is 2. The molecule has 0 aliphatic carbocycles. The topological polar surface area (TPSA) is 225 Å². The number of anilines is 1. The highest BCUT2D eigenvalue weighted by Crippen LogP contribution is 2.47. The van der Waals surface area contributed by atoms with Crippen molar-refractivity contribution >= 4 is 35.2 Å². The fourth-order valence-corrected chi connectivity index (χ4v) is 11.2. The van der Waals surface area contributed by atoms with E-state index >= 15 is 0 Å². The van der Waals surface area contributed by atoms with Gasteiger partial charge in [0.25, 0.3) is 11.8 Å². The van der Waals surface area contributed by atoms with Crippen molar-refractivity contribution in [3.63, 3.8) is 0 Å². The zero-order valence-corrected chi connectivity index (χ0v) is 44.7. The molecule has 0 radical (unpaired) electrons. The van der Waals surface area contributed by atoms with Gasteiger partial charge in [0.2, 0.25) is 17.7 Å². The predicted molar refractivity (Wildman–Crippen MR) is 285 cm³/mol. The van der Waals surface area contributed by atoms with Gasteiger partial charge in [0.1, 0.15) is 19.3 Å². The van der Waals surface area contributed by atoms with E-state index in [9.17, 15) is 29.1 Å². The summed E-state index contributed by atoms with van der Waals surface area (Å²) in [6, 6.07) is 20.9. The number of amides is 5. The Morgan fingerprint density at radius 2 is 1.39 bits per heavy atom. The monoisotopic (exact) mass is 1050 g/mol. The van der Waals surface area contributed by atoms with Crippen LogP contribution in [0.25, 0.3) is 0 Å². The summed E-state index contributed by atoms with van der Waals surface area (Å²) in [6.07, 6.45) is 4.42. The highest BCUT2D eigenvalue weighted by atomic mass is 16.5. The molecule has 4 aromatic carbocycles. The van der Waals surface area contributed by atoms with E-state index in [1.165, 1.54) is 45.5 Å². The van der Waals surface area contributed by atoms with Crippen LogP contribution in [-0.2, 0) is 61.2 Å². The van der Waals surface area contributed by atoms with Crippen LogP contribution in [0.5, 0.6) is 11.5 Å². The van der Waals surface area contributed by atoms with Gasteiger partial charge in [0.05, 0.1) is 75.2 Å². The van der Waals surface area contributed by atoms with Crippen LogP contribution in [0.1, 0.15) is 110 Å². The average Bonchev–Trinajstić information content (AvgIpc) is 3.95. The lowest BCUT2D eigenvalue weighted by Gasteiger charge is -2.50. The van der Waals surface area contributed by atoms with Crippen LogP contribution in [0, 0.1) is 27.7 Å². The number of hydrogen-bond donors (Lipinski definition) is 4. The molecule has 19 nitrogen and oxygen atoms in total. The number of fused-ring (bicyclic) bond motifs is 4. The predicted octanol–water partition coefficient (Wildman–Crippen LogP) is 5.40. The maximum absolute atomic E-state index is 13.1. The van der Waals surface area contributed by atoms with E-state index in [-0.39, 0.29) is 61.7 Å². The first-order valence-corrected chi connectivity index (χ1v) is 26.6. The van der Waals surface area contributed by atoms with Crippen LogP contribution in [0.3, 0.4) is 0 Å². The summed E-state index contributed by atoms with van der Waals surface area (Å²) in [5.74, 6) is -1.21.